The van der Waals surface area contributed by atoms with E-state index >= 15 is 0 Å². The number of aromatic nitrogens is 4. The fourth-order valence-electron chi connectivity index (χ4n) is 3.31. The van der Waals surface area contributed by atoms with E-state index in [9.17, 15) is 9.18 Å². The Labute approximate surface area is 170 Å². The molecule has 0 bridgehead atoms. The molecule has 0 saturated carbocycles. The van der Waals surface area contributed by atoms with Crippen LogP contribution in [0.4, 0.5) is 4.39 Å². The van der Waals surface area contributed by atoms with Crippen molar-refractivity contribution in [1.82, 2.24) is 20.2 Å². The quantitative estimate of drug-likeness (QED) is 0.353. The number of rotatable bonds is 5. The molecule has 0 radical (unpaired) electrons. The van der Waals surface area contributed by atoms with Gasteiger partial charge < -0.3 is 4.42 Å². The minimum absolute atomic E-state index is 0.354. The van der Waals surface area contributed by atoms with Gasteiger partial charge >= 0.3 is 5.63 Å². The Morgan fingerprint density at radius 2 is 2.03 bits per heavy atom. The molecule has 0 aliphatic heterocycles. The molecule has 0 spiro atoms. The van der Waals surface area contributed by atoms with Gasteiger partial charge in [-0.15, -0.1) is 5.10 Å². The molecule has 0 N–H and O–H groups in total. The Balaban J connectivity index is 1.70. The first-order valence-electron chi connectivity index (χ1n) is 9.17. The first kappa shape index (κ1) is 19.3. The Kier molecular flexibility index (Phi) is 5.19. The zero-order chi connectivity index (χ0) is 20.5. The highest BCUT2D eigenvalue weighted by atomic mass is 32.2. The molecule has 2 aromatic heterocycles. The van der Waals surface area contributed by atoms with Crippen LogP contribution < -0.4 is 5.63 Å². The highest BCUT2D eigenvalue weighted by Crippen LogP contribution is 2.30. The summed E-state index contributed by atoms with van der Waals surface area (Å²) < 4.78 is 20.4. The van der Waals surface area contributed by atoms with E-state index in [0.717, 1.165) is 16.5 Å². The molecule has 0 atom stereocenters. The van der Waals surface area contributed by atoms with Crippen molar-refractivity contribution >= 4 is 22.7 Å². The molecule has 0 amide bonds. The summed E-state index contributed by atoms with van der Waals surface area (Å²) in [5.74, 6) is 0.461. The fraction of sp³-hybridized carbons (Fsp3) is 0.238. The monoisotopic (exact) mass is 410 g/mol. The molecule has 148 valence electrons. The van der Waals surface area contributed by atoms with Gasteiger partial charge in [0.2, 0.25) is 5.16 Å². The molecule has 0 fully saturated rings. The SMILES string of the molecule is Cc1cc2oc(=O)cc(CSc3nnnn3-c3cccc(F)c3)c2cc1C(C)C. The van der Waals surface area contributed by atoms with E-state index < -0.39 is 5.63 Å². The summed E-state index contributed by atoms with van der Waals surface area (Å²) in [6.45, 7) is 6.28. The van der Waals surface area contributed by atoms with E-state index in [1.165, 1.54) is 40.2 Å². The van der Waals surface area contributed by atoms with Crippen LogP contribution in [0, 0.1) is 12.7 Å². The molecule has 0 saturated heterocycles. The summed E-state index contributed by atoms with van der Waals surface area (Å²) in [6, 6.07) is 11.6. The van der Waals surface area contributed by atoms with E-state index in [2.05, 4.69) is 35.4 Å². The van der Waals surface area contributed by atoms with Crippen LogP contribution in [-0.4, -0.2) is 20.2 Å². The molecular weight excluding hydrogens is 391 g/mol. The van der Waals surface area contributed by atoms with Crippen LogP contribution in [0.3, 0.4) is 0 Å². The normalized spacial score (nSPS) is 11.5. The summed E-state index contributed by atoms with van der Waals surface area (Å²) in [6.07, 6.45) is 0. The molecule has 8 heteroatoms. The van der Waals surface area contributed by atoms with Crippen molar-refractivity contribution in [2.24, 2.45) is 0 Å². The maximum absolute atomic E-state index is 13.6. The molecule has 0 aliphatic carbocycles. The predicted molar refractivity (Wildman–Crippen MR) is 110 cm³/mol. The van der Waals surface area contributed by atoms with Gasteiger partial charge in [-0.2, -0.15) is 4.68 Å². The van der Waals surface area contributed by atoms with Gasteiger partial charge in [-0.05, 0) is 70.3 Å². The van der Waals surface area contributed by atoms with Crippen LogP contribution >= 0.6 is 11.8 Å². The van der Waals surface area contributed by atoms with Crippen molar-refractivity contribution < 1.29 is 8.81 Å². The minimum Gasteiger partial charge on any atom is -0.423 e. The lowest BCUT2D eigenvalue weighted by atomic mass is 9.95. The molecule has 4 aromatic rings. The van der Waals surface area contributed by atoms with Gasteiger partial charge in [-0.3, -0.25) is 0 Å². The third kappa shape index (κ3) is 3.93. The third-order valence-corrected chi connectivity index (χ3v) is 5.66. The molecule has 0 aliphatic rings. The van der Waals surface area contributed by atoms with Gasteiger partial charge in [0.15, 0.2) is 0 Å². The van der Waals surface area contributed by atoms with E-state index in [0.29, 0.717) is 28.1 Å². The van der Waals surface area contributed by atoms with Crippen molar-refractivity contribution in [3.05, 3.63) is 75.4 Å². The standard InChI is InChI=1S/C21H19FN4O2S/c1-12(2)17-10-18-14(8-20(27)28-19(18)7-13(17)3)11-29-21-23-24-25-26(21)16-6-4-5-15(22)9-16/h4-10,12H,11H2,1-3H3. The molecule has 29 heavy (non-hydrogen) atoms. The smallest absolute Gasteiger partial charge is 0.336 e. The van der Waals surface area contributed by atoms with Crippen molar-refractivity contribution in [1.29, 1.82) is 0 Å². The highest BCUT2D eigenvalue weighted by Gasteiger charge is 2.14. The van der Waals surface area contributed by atoms with Crippen LogP contribution in [0.25, 0.3) is 16.7 Å². The van der Waals surface area contributed by atoms with E-state index in [4.69, 9.17) is 4.42 Å². The number of nitrogens with zero attached hydrogens (tertiary/aromatic N) is 4. The third-order valence-electron chi connectivity index (χ3n) is 4.69. The number of benzene rings is 2. The number of halogens is 1. The van der Waals surface area contributed by atoms with Crippen LogP contribution in [0.2, 0.25) is 0 Å². The fourth-order valence-corrected chi connectivity index (χ4v) is 4.20. The lowest BCUT2D eigenvalue weighted by Gasteiger charge is -2.13. The predicted octanol–water partition coefficient (Wildman–Crippen LogP) is 4.63. The Hall–Kier alpha value is -3.00. The second kappa shape index (κ2) is 7.79. The number of thioether (sulfide) groups is 1. The molecule has 2 heterocycles. The van der Waals surface area contributed by atoms with Gasteiger partial charge in [0.25, 0.3) is 0 Å². The number of hydrogen-bond donors (Lipinski definition) is 0. The number of aryl methyl sites for hydroxylation is 1. The second-order valence-electron chi connectivity index (χ2n) is 7.09. The topological polar surface area (TPSA) is 73.8 Å². The molecule has 2 aromatic carbocycles. The summed E-state index contributed by atoms with van der Waals surface area (Å²) >= 11 is 1.37. The first-order valence-corrected chi connectivity index (χ1v) is 10.2. The maximum Gasteiger partial charge on any atom is 0.336 e. The lowest BCUT2D eigenvalue weighted by Crippen LogP contribution is -2.03. The number of tetrazole rings is 1. The maximum atomic E-state index is 13.6. The average Bonchev–Trinajstić information content (AvgIpc) is 3.13. The van der Waals surface area contributed by atoms with E-state index in [-0.39, 0.29) is 5.82 Å². The van der Waals surface area contributed by atoms with Gasteiger partial charge in [0.1, 0.15) is 11.4 Å². The van der Waals surface area contributed by atoms with Crippen LogP contribution in [0.1, 0.15) is 36.5 Å². The van der Waals surface area contributed by atoms with Crippen LogP contribution in [-0.2, 0) is 5.75 Å². The van der Waals surface area contributed by atoms with Gasteiger partial charge in [0, 0.05) is 17.2 Å². The van der Waals surface area contributed by atoms with Crippen LogP contribution in [0.15, 0.2) is 56.8 Å². The molecular formula is C21H19FN4O2S. The van der Waals surface area contributed by atoms with Crippen molar-refractivity contribution in [3.8, 4) is 5.69 Å². The summed E-state index contributed by atoms with van der Waals surface area (Å²) in [7, 11) is 0. The van der Waals surface area contributed by atoms with Crippen LogP contribution in [0.5, 0.6) is 0 Å². The second-order valence-corrected chi connectivity index (χ2v) is 8.03. The molecule has 6 nitrogen and oxygen atoms in total. The Morgan fingerprint density at radius 1 is 1.21 bits per heavy atom. The first-order chi connectivity index (χ1) is 13.9. The molecule has 4 rings (SSSR count). The summed E-state index contributed by atoms with van der Waals surface area (Å²) in [5.41, 5.74) is 3.86. The Morgan fingerprint density at radius 3 is 2.79 bits per heavy atom. The Bertz CT molecular complexity index is 1250. The largest absolute Gasteiger partial charge is 0.423 e. The minimum atomic E-state index is -0.394. The zero-order valence-corrected chi connectivity index (χ0v) is 17.0. The number of hydrogen-bond acceptors (Lipinski definition) is 6. The van der Waals surface area contributed by atoms with Gasteiger partial charge in [0.05, 0.1) is 5.69 Å². The highest BCUT2D eigenvalue weighted by molar-refractivity contribution is 7.98. The average molecular weight is 410 g/mol. The van der Waals surface area contributed by atoms with E-state index in [1.807, 2.05) is 13.0 Å². The van der Waals surface area contributed by atoms with E-state index in [1.54, 1.807) is 12.1 Å². The van der Waals surface area contributed by atoms with Gasteiger partial charge in [-0.25, -0.2) is 9.18 Å². The van der Waals surface area contributed by atoms with Crippen molar-refractivity contribution in [2.45, 2.75) is 37.6 Å². The van der Waals surface area contributed by atoms with Crippen molar-refractivity contribution in [3.63, 3.8) is 0 Å². The van der Waals surface area contributed by atoms with Crippen molar-refractivity contribution in [2.75, 3.05) is 0 Å². The summed E-state index contributed by atoms with van der Waals surface area (Å²) in [4.78, 5) is 12.1. The van der Waals surface area contributed by atoms with Gasteiger partial charge in [-0.1, -0.05) is 31.7 Å². The molecule has 0 unspecified atom stereocenters. The summed E-state index contributed by atoms with van der Waals surface area (Å²) in [5, 5.41) is 13.1. The lowest BCUT2D eigenvalue weighted by molar-refractivity contribution is 0.559. The zero-order valence-electron chi connectivity index (χ0n) is 16.2. The number of fused-ring (bicyclic) bond motifs is 1.